The highest BCUT2D eigenvalue weighted by Gasteiger charge is 2.53. The molecule has 0 aliphatic heterocycles. The number of rotatable bonds is 5. The van der Waals surface area contributed by atoms with Crippen LogP contribution in [0.1, 0.15) is 50.0 Å². The monoisotopic (exact) mass is 419 g/mol. The van der Waals surface area contributed by atoms with E-state index in [0.717, 1.165) is 52.3 Å². The molecule has 4 aliphatic rings. The number of nitrogens with zero attached hydrogens (tertiary/aromatic N) is 4. The number of hydrogen-bond donors (Lipinski definition) is 1. The summed E-state index contributed by atoms with van der Waals surface area (Å²) in [5, 5.41) is 8.53. The van der Waals surface area contributed by atoms with E-state index < -0.39 is 0 Å². The summed E-state index contributed by atoms with van der Waals surface area (Å²) < 4.78 is 12.8. The van der Waals surface area contributed by atoms with E-state index >= 15 is 0 Å². The van der Waals surface area contributed by atoms with Crippen molar-refractivity contribution in [2.45, 2.75) is 50.9 Å². The maximum atomic E-state index is 5.55. The molecule has 0 unspecified atom stereocenters. The van der Waals surface area contributed by atoms with Gasteiger partial charge in [-0.2, -0.15) is 9.50 Å². The standard InChI is InChI=1S/C24H29N5O2/c1-14-6-21(26-19-10-18(30-2)4-5-20(19)31-3)29-23(25-14)27-22(28-29)24-11-15-7-16(12-24)9-17(8-15)13-24/h4-6,10,15-17,26H,7-9,11-13H2,1-3H3. The van der Waals surface area contributed by atoms with Crippen LogP contribution in [0.3, 0.4) is 0 Å². The van der Waals surface area contributed by atoms with Gasteiger partial charge in [0.25, 0.3) is 5.78 Å². The Labute approximate surface area is 182 Å². The van der Waals surface area contributed by atoms with Gasteiger partial charge in [-0.1, -0.05) is 0 Å². The Hall–Kier alpha value is -2.83. The summed E-state index contributed by atoms with van der Waals surface area (Å²) >= 11 is 0. The molecule has 162 valence electrons. The minimum Gasteiger partial charge on any atom is -0.497 e. The Balaban J connectivity index is 1.42. The van der Waals surface area contributed by atoms with Crippen LogP contribution in [0.15, 0.2) is 24.3 Å². The van der Waals surface area contributed by atoms with Crippen molar-refractivity contribution < 1.29 is 9.47 Å². The summed E-state index contributed by atoms with van der Waals surface area (Å²) in [5.41, 5.74) is 1.86. The van der Waals surface area contributed by atoms with Crippen molar-refractivity contribution in [3.8, 4) is 11.5 Å². The van der Waals surface area contributed by atoms with Crippen molar-refractivity contribution in [2.75, 3.05) is 19.5 Å². The first kappa shape index (κ1) is 18.9. The van der Waals surface area contributed by atoms with E-state index in [1.165, 1.54) is 38.5 Å². The van der Waals surface area contributed by atoms with E-state index in [2.05, 4.69) is 5.32 Å². The zero-order valence-electron chi connectivity index (χ0n) is 18.4. The van der Waals surface area contributed by atoms with Gasteiger partial charge in [0.05, 0.1) is 19.9 Å². The molecule has 7 heteroatoms. The largest absolute Gasteiger partial charge is 0.497 e. The zero-order valence-corrected chi connectivity index (χ0v) is 18.4. The van der Waals surface area contributed by atoms with E-state index in [1.54, 1.807) is 14.2 Å². The highest BCUT2D eigenvalue weighted by atomic mass is 16.5. The van der Waals surface area contributed by atoms with Crippen LogP contribution in [-0.2, 0) is 5.41 Å². The lowest BCUT2D eigenvalue weighted by molar-refractivity contribution is -0.00925. The highest BCUT2D eigenvalue weighted by Crippen LogP contribution is 2.60. The van der Waals surface area contributed by atoms with Gasteiger partial charge in [-0.15, -0.1) is 5.10 Å². The normalized spacial score (nSPS) is 28.8. The number of aromatic nitrogens is 4. The summed E-state index contributed by atoms with van der Waals surface area (Å²) in [6.45, 7) is 1.99. The topological polar surface area (TPSA) is 73.6 Å². The van der Waals surface area contributed by atoms with Gasteiger partial charge in [0.1, 0.15) is 17.3 Å². The van der Waals surface area contributed by atoms with E-state index in [4.69, 9.17) is 24.5 Å². The molecule has 4 bridgehead atoms. The third-order valence-corrected chi connectivity index (χ3v) is 7.62. The quantitative estimate of drug-likeness (QED) is 0.648. The third-order valence-electron chi connectivity index (χ3n) is 7.62. The molecule has 0 atom stereocenters. The van der Waals surface area contributed by atoms with E-state index in [-0.39, 0.29) is 5.41 Å². The molecule has 7 nitrogen and oxygen atoms in total. The second kappa shape index (κ2) is 6.84. The van der Waals surface area contributed by atoms with Crippen molar-refractivity contribution in [3.05, 3.63) is 35.8 Å². The minimum atomic E-state index is 0.140. The van der Waals surface area contributed by atoms with Gasteiger partial charge in [0.15, 0.2) is 5.82 Å². The Morgan fingerprint density at radius 1 is 0.968 bits per heavy atom. The Bertz CT molecular complexity index is 1120. The van der Waals surface area contributed by atoms with Crippen LogP contribution < -0.4 is 14.8 Å². The number of fused-ring (bicyclic) bond motifs is 1. The second-order valence-electron chi connectivity index (χ2n) is 9.82. The summed E-state index contributed by atoms with van der Waals surface area (Å²) in [6.07, 6.45) is 7.94. The van der Waals surface area contributed by atoms with Gasteiger partial charge in [-0.25, -0.2) is 4.98 Å². The molecule has 3 aromatic rings. The van der Waals surface area contributed by atoms with Gasteiger partial charge >= 0.3 is 0 Å². The molecule has 2 heterocycles. The van der Waals surface area contributed by atoms with Crippen molar-refractivity contribution in [1.29, 1.82) is 0 Å². The number of aryl methyl sites for hydroxylation is 1. The van der Waals surface area contributed by atoms with Crippen LogP contribution in [0.2, 0.25) is 0 Å². The fourth-order valence-electron chi connectivity index (χ4n) is 6.73. The number of ether oxygens (including phenoxy) is 2. The van der Waals surface area contributed by atoms with Gasteiger partial charge < -0.3 is 14.8 Å². The fraction of sp³-hybridized carbons (Fsp3) is 0.542. The fourth-order valence-corrected chi connectivity index (χ4v) is 6.73. The lowest BCUT2D eigenvalue weighted by atomic mass is 9.49. The molecule has 4 aliphatic carbocycles. The number of nitrogens with one attached hydrogen (secondary N) is 1. The zero-order chi connectivity index (χ0) is 21.2. The predicted molar refractivity (Wildman–Crippen MR) is 118 cm³/mol. The summed E-state index contributed by atoms with van der Waals surface area (Å²) in [7, 11) is 3.33. The Kier molecular flexibility index (Phi) is 4.17. The third kappa shape index (κ3) is 3.05. The van der Waals surface area contributed by atoms with Crippen LogP contribution in [0.4, 0.5) is 11.5 Å². The van der Waals surface area contributed by atoms with E-state index in [0.29, 0.717) is 5.78 Å². The summed E-state index contributed by atoms with van der Waals surface area (Å²) in [5.74, 6) is 6.55. The summed E-state index contributed by atoms with van der Waals surface area (Å²) in [4.78, 5) is 9.68. The highest BCUT2D eigenvalue weighted by molar-refractivity contribution is 5.67. The second-order valence-corrected chi connectivity index (χ2v) is 9.82. The average Bonchev–Trinajstić information content (AvgIpc) is 3.18. The van der Waals surface area contributed by atoms with Crippen molar-refractivity contribution in [1.82, 2.24) is 19.6 Å². The molecule has 0 spiro atoms. The average molecular weight is 420 g/mol. The van der Waals surface area contributed by atoms with Crippen molar-refractivity contribution in [2.24, 2.45) is 17.8 Å². The predicted octanol–water partition coefficient (Wildman–Crippen LogP) is 4.66. The number of anilines is 2. The first-order valence-electron chi connectivity index (χ1n) is 11.3. The van der Waals surface area contributed by atoms with Crippen LogP contribution in [0.5, 0.6) is 11.5 Å². The van der Waals surface area contributed by atoms with Crippen molar-refractivity contribution in [3.63, 3.8) is 0 Å². The molecular weight excluding hydrogens is 390 g/mol. The molecular formula is C24H29N5O2. The molecule has 31 heavy (non-hydrogen) atoms. The van der Waals surface area contributed by atoms with Gasteiger partial charge in [-0.05, 0) is 75.3 Å². The molecule has 1 aromatic carbocycles. The molecule has 1 N–H and O–H groups in total. The maximum absolute atomic E-state index is 5.55. The van der Waals surface area contributed by atoms with Gasteiger partial charge in [0, 0.05) is 23.2 Å². The molecule has 4 saturated carbocycles. The molecule has 4 fully saturated rings. The lowest BCUT2D eigenvalue weighted by Crippen LogP contribution is -2.49. The number of benzene rings is 1. The molecule has 7 rings (SSSR count). The molecule has 0 amide bonds. The first-order chi connectivity index (χ1) is 15.0. The minimum absolute atomic E-state index is 0.140. The van der Waals surface area contributed by atoms with Crippen LogP contribution in [-0.4, -0.2) is 33.8 Å². The van der Waals surface area contributed by atoms with Gasteiger partial charge in [0.2, 0.25) is 0 Å². The van der Waals surface area contributed by atoms with Crippen LogP contribution >= 0.6 is 0 Å². The number of hydrogen-bond acceptors (Lipinski definition) is 6. The SMILES string of the molecule is COc1ccc(OC)c(Nc2cc(C)nc3nc(C45CC6CC(CC(C6)C4)C5)nn23)c1. The Morgan fingerprint density at radius 3 is 2.32 bits per heavy atom. The van der Waals surface area contributed by atoms with Crippen molar-refractivity contribution >= 4 is 17.3 Å². The van der Waals surface area contributed by atoms with Crippen LogP contribution in [0.25, 0.3) is 5.78 Å². The molecule has 2 aromatic heterocycles. The van der Waals surface area contributed by atoms with Crippen LogP contribution in [0, 0.1) is 24.7 Å². The first-order valence-corrected chi connectivity index (χ1v) is 11.3. The van der Waals surface area contributed by atoms with E-state index in [9.17, 15) is 0 Å². The Morgan fingerprint density at radius 2 is 1.68 bits per heavy atom. The van der Waals surface area contributed by atoms with E-state index in [1.807, 2.05) is 35.7 Å². The van der Waals surface area contributed by atoms with Gasteiger partial charge in [-0.3, -0.25) is 0 Å². The number of methoxy groups -OCH3 is 2. The summed E-state index contributed by atoms with van der Waals surface area (Å²) in [6, 6.07) is 7.72. The maximum Gasteiger partial charge on any atom is 0.254 e. The lowest BCUT2D eigenvalue weighted by Gasteiger charge is -2.55. The smallest absolute Gasteiger partial charge is 0.254 e. The molecule has 0 saturated heterocycles. The molecule has 0 radical (unpaired) electrons.